The largest absolute Gasteiger partial charge is 0.280 e. The molecule has 0 radical (unpaired) electrons. The molecule has 3 heteroatoms. The molecule has 0 aliphatic rings. The summed E-state index contributed by atoms with van der Waals surface area (Å²) in [6.45, 7) is 0. The molecule has 0 aliphatic heterocycles. The van der Waals surface area contributed by atoms with Crippen molar-refractivity contribution >= 4 is 33.2 Å². The normalized spacial score (nSPS) is 11.7. The highest BCUT2D eigenvalue weighted by molar-refractivity contribution is 9.10. The van der Waals surface area contributed by atoms with Crippen LogP contribution in [0.15, 0.2) is 91.0 Å². The second-order valence-corrected chi connectivity index (χ2v) is 6.61. The standard InChI is InChI=1S/C21H18BrNO/c22-20(16-17-10-4-1-5-11-17)21(24)23(18-12-6-2-7-13-18)19-14-8-3-9-15-19/h1-15,20H,16H2. The predicted octanol–water partition coefficient (Wildman–Crippen LogP) is 5.36. The van der Waals surface area contributed by atoms with Crippen LogP contribution >= 0.6 is 15.9 Å². The van der Waals surface area contributed by atoms with Gasteiger partial charge in [0.15, 0.2) is 0 Å². The van der Waals surface area contributed by atoms with Gasteiger partial charge in [-0.2, -0.15) is 0 Å². The van der Waals surface area contributed by atoms with Gasteiger partial charge in [-0.3, -0.25) is 9.69 Å². The SMILES string of the molecule is O=C(C(Br)Cc1ccccc1)N(c1ccccc1)c1ccccc1. The number of amides is 1. The lowest BCUT2D eigenvalue weighted by atomic mass is 10.1. The van der Waals surface area contributed by atoms with Crippen molar-refractivity contribution in [2.45, 2.75) is 11.2 Å². The van der Waals surface area contributed by atoms with Gasteiger partial charge in [-0.1, -0.05) is 82.7 Å². The van der Waals surface area contributed by atoms with E-state index in [-0.39, 0.29) is 10.7 Å². The summed E-state index contributed by atoms with van der Waals surface area (Å²) in [5.74, 6) is 0.0243. The zero-order valence-electron chi connectivity index (χ0n) is 13.2. The molecule has 0 aliphatic carbocycles. The maximum atomic E-state index is 13.1. The first-order valence-electron chi connectivity index (χ1n) is 7.88. The monoisotopic (exact) mass is 379 g/mol. The Hall–Kier alpha value is -2.39. The molecular weight excluding hydrogens is 362 g/mol. The quantitative estimate of drug-likeness (QED) is 0.546. The van der Waals surface area contributed by atoms with Crippen LogP contribution in [0.4, 0.5) is 11.4 Å². The highest BCUT2D eigenvalue weighted by Gasteiger charge is 2.24. The molecule has 0 fully saturated rings. The summed E-state index contributed by atoms with van der Waals surface area (Å²) >= 11 is 3.58. The molecule has 24 heavy (non-hydrogen) atoms. The van der Waals surface area contributed by atoms with Crippen LogP contribution in [0.25, 0.3) is 0 Å². The van der Waals surface area contributed by atoms with Gasteiger partial charge >= 0.3 is 0 Å². The zero-order valence-corrected chi connectivity index (χ0v) is 14.8. The van der Waals surface area contributed by atoms with Gasteiger partial charge < -0.3 is 0 Å². The smallest absolute Gasteiger partial charge is 0.245 e. The van der Waals surface area contributed by atoms with Crippen molar-refractivity contribution in [3.8, 4) is 0 Å². The Balaban J connectivity index is 1.89. The Morgan fingerprint density at radius 3 is 1.62 bits per heavy atom. The van der Waals surface area contributed by atoms with Gasteiger partial charge in [0.1, 0.15) is 0 Å². The maximum absolute atomic E-state index is 13.1. The summed E-state index contributed by atoms with van der Waals surface area (Å²) in [6, 6.07) is 29.5. The number of carbonyl (C=O) groups is 1. The molecular formula is C21H18BrNO. The molecule has 2 nitrogen and oxygen atoms in total. The van der Waals surface area contributed by atoms with Gasteiger partial charge in [0.25, 0.3) is 0 Å². The van der Waals surface area contributed by atoms with Gasteiger partial charge in [-0.25, -0.2) is 0 Å². The maximum Gasteiger partial charge on any atom is 0.245 e. The molecule has 3 rings (SSSR count). The Labute approximate surface area is 150 Å². The van der Waals surface area contributed by atoms with Crippen molar-refractivity contribution < 1.29 is 4.79 Å². The summed E-state index contributed by atoms with van der Waals surface area (Å²) in [6.07, 6.45) is 0.649. The van der Waals surface area contributed by atoms with Crippen LogP contribution in [-0.2, 0) is 11.2 Å². The molecule has 0 aromatic heterocycles. The molecule has 0 saturated carbocycles. The topological polar surface area (TPSA) is 20.3 Å². The Kier molecular flexibility index (Phi) is 5.44. The van der Waals surface area contributed by atoms with E-state index in [1.165, 1.54) is 0 Å². The molecule has 1 amide bonds. The third-order valence-electron chi connectivity index (χ3n) is 3.77. The van der Waals surface area contributed by atoms with Crippen molar-refractivity contribution in [2.75, 3.05) is 4.90 Å². The van der Waals surface area contributed by atoms with Gasteiger partial charge in [-0.05, 0) is 36.2 Å². The van der Waals surface area contributed by atoms with E-state index in [9.17, 15) is 4.79 Å². The average Bonchev–Trinajstić information content (AvgIpc) is 2.64. The molecule has 120 valence electrons. The van der Waals surface area contributed by atoms with Crippen molar-refractivity contribution in [1.82, 2.24) is 0 Å². The number of hydrogen-bond acceptors (Lipinski definition) is 1. The molecule has 0 saturated heterocycles. The fraction of sp³-hybridized carbons (Fsp3) is 0.0952. The first kappa shape index (κ1) is 16.5. The van der Waals surface area contributed by atoms with Crippen molar-refractivity contribution in [3.05, 3.63) is 96.6 Å². The van der Waals surface area contributed by atoms with Gasteiger partial charge in [0, 0.05) is 11.4 Å². The first-order chi connectivity index (χ1) is 11.8. The Morgan fingerprint density at radius 1 is 0.750 bits per heavy atom. The summed E-state index contributed by atoms with van der Waals surface area (Å²) in [5, 5.41) is 0. The van der Waals surface area contributed by atoms with Crippen LogP contribution in [0.2, 0.25) is 0 Å². The third kappa shape index (κ3) is 3.92. The second-order valence-electron chi connectivity index (χ2n) is 5.50. The summed E-state index contributed by atoms with van der Waals surface area (Å²) < 4.78 is 0. The summed E-state index contributed by atoms with van der Waals surface area (Å²) in [4.78, 5) is 14.6. The lowest BCUT2D eigenvalue weighted by Crippen LogP contribution is -2.34. The fourth-order valence-corrected chi connectivity index (χ4v) is 3.18. The first-order valence-corrected chi connectivity index (χ1v) is 8.79. The summed E-state index contributed by atoms with van der Waals surface area (Å²) in [5.41, 5.74) is 2.87. The Bertz CT molecular complexity index is 735. The van der Waals surface area contributed by atoms with E-state index in [4.69, 9.17) is 0 Å². The minimum atomic E-state index is -0.291. The fourth-order valence-electron chi connectivity index (χ4n) is 2.61. The minimum Gasteiger partial charge on any atom is -0.280 e. The molecule has 3 aromatic carbocycles. The van der Waals surface area contributed by atoms with E-state index in [1.807, 2.05) is 91.0 Å². The van der Waals surface area contributed by atoms with E-state index in [1.54, 1.807) is 4.90 Å². The molecule has 0 spiro atoms. The van der Waals surface area contributed by atoms with Gasteiger partial charge in [0.2, 0.25) is 5.91 Å². The van der Waals surface area contributed by atoms with Crippen LogP contribution in [0.5, 0.6) is 0 Å². The van der Waals surface area contributed by atoms with Gasteiger partial charge in [0.05, 0.1) is 4.83 Å². The number of para-hydroxylation sites is 2. The van der Waals surface area contributed by atoms with E-state index in [2.05, 4.69) is 15.9 Å². The second kappa shape index (κ2) is 7.93. The minimum absolute atomic E-state index is 0.0243. The van der Waals surface area contributed by atoms with Crippen LogP contribution in [0.1, 0.15) is 5.56 Å². The molecule has 1 atom stereocenters. The average molecular weight is 380 g/mol. The summed E-state index contributed by atoms with van der Waals surface area (Å²) in [7, 11) is 0. The third-order valence-corrected chi connectivity index (χ3v) is 4.49. The molecule has 3 aromatic rings. The van der Waals surface area contributed by atoms with E-state index in [0.29, 0.717) is 6.42 Å². The van der Waals surface area contributed by atoms with Crippen LogP contribution in [-0.4, -0.2) is 10.7 Å². The number of carbonyl (C=O) groups excluding carboxylic acids is 1. The van der Waals surface area contributed by atoms with Crippen LogP contribution in [0.3, 0.4) is 0 Å². The number of anilines is 2. The van der Waals surface area contributed by atoms with Crippen molar-refractivity contribution in [3.63, 3.8) is 0 Å². The number of halogens is 1. The molecule has 0 N–H and O–H groups in total. The predicted molar refractivity (Wildman–Crippen MR) is 103 cm³/mol. The molecule has 0 heterocycles. The number of rotatable bonds is 5. The lowest BCUT2D eigenvalue weighted by Gasteiger charge is -2.25. The van der Waals surface area contributed by atoms with E-state index < -0.39 is 0 Å². The van der Waals surface area contributed by atoms with Crippen molar-refractivity contribution in [2.24, 2.45) is 0 Å². The number of benzene rings is 3. The highest BCUT2D eigenvalue weighted by Crippen LogP contribution is 2.28. The Morgan fingerprint density at radius 2 is 1.17 bits per heavy atom. The van der Waals surface area contributed by atoms with E-state index in [0.717, 1.165) is 16.9 Å². The zero-order chi connectivity index (χ0) is 16.8. The lowest BCUT2D eigenvalue weighted by molar-refractivity contribution is -0.117. The highest BCUT2D eigenvalue weighted by atomic mass is 79.9. The number of nitrogens with zero attached hydrogens (tertiary/aromatic N) is 1. The van der Waals surface area contributed by atoms with E-state index >= 15 is 0 Å². The van der Waals surface area contributed by atoms with Crippen LogP contribution < -0.4 is 4.90 Å². The van der Waals surface area contributed by atoms with Gasteiger partial charge in [-0.15, -0.1) is 0 Å². The molecule has 1 unspecified atom stereocenters. The number of alkyl halides is 1. The van der Waals surface area contributed by atoms with Crippen molar-refractivity contribution in [1.29, 1.82) is 0 Å². The number of hydrogen-bond donors (Lipinski definition) is 0. The molecule has 0 bridgehead atoms. The van der Waals surface area contributed by atoms with Crippen LogP contribution in [0, 0.1) is 0 Å².